The zero-order valence-electron chi connectivity index (χ0n) is 11.3. The van der Waals surface area contributed by atoms with Gasteiger partial charge in [-0.2, -0.15) is 0 Å². The Morgan fingerprint density at radius 2 is 1.90 bits per heavy atom. The first-order valence-electron chi connectivity index (χ1n) is 5.90. The molecule has 1 heterocycles. The third kappa shape index (κ3) is 3.53. The van der Waals surface area contributed by atoms with Gasteiger partial charge in [0.05, 0.1) is 4.90 Å². The number of hydrogen-bond donors (Lipinski definition) is 1. The molecule has 0 spiro atoms. The van der Waals surface area contributed by atoms with Gasteiger partial charge in [0.1, 0.15) is 5.69 Å². The van der Waals surface area contributed by atoms with Crippen molar-refractivity contribution in [2.45, 2.75) is 18.7 Å². The van der Waals surface area contributed by atoms with E-state index in [9.17, 15) is 18.0 Å². The molecule has 0 radical (unpaired) electrons. The maximum absolute atomic E-state index is 12.2. The molecule has 0 aliphatic carbocycles. The van der Waals surface area contributed by atoms with Crippen LogP contribution in [-0.2, 0) is 10.0 Å². The summed E-state index contributed by atoms with van der Waals surface area (Å²) in [6.07, 6.45) is 0. The molecule has 8 heteroatoms. The molecule has 1 N–H and O–H groups in total. The largest absolute Gasteiger partial charge is 0.295 e. The SMILES string of the molecule is CC(=O)c1cccc(S(=O)(=O)Nc2nc(C(C)=O)cs2)c1. The smallest absolute Gasteiger partial charge is 0.263 e. The summed E-state index contributed by atoms with van der Waals surface area (Å²) >= 11 is 1.02. The predicted octanol–water partition coefficient (Wildman–Crippen LogP) is 2.35. The standard InChI is InChI=1S/C13H12N2O4S2/c1-8(16)10-4-3-5-11(6-10)21(18,19)15-13-14-12(7-20-13)9(2)17/h3-7H,1-2H3,(H,14,15). The quantitative estimate of drug-likeness (QED) is 0.852. The number of anilines is 1. The highest BCUT2D eigenvalue weighted by atomic mass is 32.2. The molecule has 0 unspecified atom stereocenters. The molecule has 110 valence electrons. The van der Waals surface area contributed by atoms with Gasteiger partial charge in [-0.25, -0.2) is 13.4 Å². The molecule has 2 rings (SSSR count). The van der Waals surface area contributed by atoms with Gasteiger partial charge in [-0.15, -0.1) is 11.3 Å². The summed E-state index contributed by atoms with van der Waals surface area (Å²) < 4.78 is 26.7. The van der Waals surface area contributed by atoms with Crippen molar-refractivity contribution in [3.05, 3.63) is 40.9 Å². The van der Waals surface area contributed by atoms with Crippen LogP contribution in [0.1, 0.15) is 34.7 Å². The average Bonchev–Trinajstić information content (AvgIpc) is 2.87. The van der Waals surface area contributed by atoms with Gasteiger partial charge in [-0.3, -0.25) is 14.3 Å². The van der Waals surface area contributed by atoms with Crippen LogP contribution in [0.25, 0.3) is 0 Å². The number of rotatable bonds is 5. The molecule has 1 aromatic carbocycles. The van der Waals surface area contributed by atoms with Crippen molar-refractivity contribution in [2.75, 3.05) is 4.72 Å². The zero-order valence-corrected chi connectivity index (χ0v) is 12.9. The number of benzene rings is 1. The maximum Gasteiger partial charge on any atom is 0.263 e. The van der Waals surface area contributed by atoms with Gasteiger partial charge in [0.25, 0.3) is 10.0 Å². The molecule has 2 aromatic rings. The van der Waals surface area contributed by atoms with Gasteiger partial charge in [0, 0.05) is 17.9 Å². The summed E-state index contributed by atoms with van der Waals surface area (Å²) in [6, 6.07) is 5.71. The number of carbonyl (C=O) groups excluding carboxylic acids is 2. The Bertz CT molecular complexity index is 809. The van der Waals surface area contributed by atoms with Crippen LogP contribution in [0.2, 0.25) is 0 Å². The number of Topliss-reactive ketones (excluding diaryl/α,β-unsaturated/α-hetero) is 2. The lowest BCUT2D eigenvalue weighted by atomic mass is 10.2. The molecule has 0 saturated carbocycles. The molecule has 0 aliphatic heterocycles. The zero-order chi connectivity index (χ0) is 15.6. The average molecular weight is 324 g/mol. The fourth-order valence-electron chi connectivity index (χ4n) is 1.54. The number of ketones is 2. The van der Waals surface area contributed by atoms with Crippen LogP contribution in [0.4, 0.5) is 5.13 Å². The van der Waals surface area contributed by atoms with Gasteiger partial charge >= 0.3 is 0 Å². The van der Waals surface area contributed by atoms with Gasteiger partial charge < -0.3 is 0 Å². The lowest BCUT2D eigenvalue weighted by Gasteiger charge is -2.06. The third-order valence-corrected chi connectivity index (χ3v) is 4.86. The van der Waals surface area contributed by atoms with Crippen molar-refractivity contribution >= 4 is 38.1 Å². The van der Waals surface area contributed by atoms with Crippen molar-refractivity contribution in [3.8, 4) is 0 Å². The van der Waals surface area contributed by atoms with E-state index < -0.39 is 10.0 Å². The van der Waals surface area contributed by atoms with E-state index in [4.69, 9.17) is 0 Å². The molecule has 21 heavy (non-hydrogen) atoms. The van der Waals surface area contributed by atoms with E-state index in [1.54, 1.807) is 6.07 Å². The molecule has 0 atom stereocenters. The Labute approximate surface area is 125 Å². The number of aromatic nitrogens is 1. The lowest BCUT2D eigenvalue weighted by molar-refractivity contribution is 0.100. The van der Waals surface area contributed by atoms with Crippen molar-refractivity contribution in [3.63, 3.8) is 0 Å². The maximum atomic E-state index is 12.2. The molecule has 0 aliphatic rings. The van der Waals surface area contributed by atoms with Gasteiger partial charge in [0.2, 0.25) is 0 Å². The van der Waals surface area contributed by atoms with Crippen molar-refractivity contribution in [2.24, 2.45) is 0 Å². The highest BCUT2D eigenvalue weighted by molar-refractivity contribution is 7.93. The van der Waals surface area contributed by atoms with Crippen molar-refractivity contribution in [1.29, 1.82) is 0 Å². The molecular weight excluding hydrogens is 312 g/mol. The third-order valence-electron chi connectivity index (χ3n) is 2.64. The Morgan fingerprint density at radius 3 is 2.48 bits per heavy atom. The molecule has 0 bridgehead atoms. The Balaban J connectivity index is 2.31. The van der Waals surface area contributed by atoms with E-state index in [1.165, 1.54) is 37.4 Å². The molecular formula is C13H12N2O4S2. The van der Waals surface area contributed by atoms with E-state index >= 15 is 0 Å². The normalized spacial score (nSPS) is 11.1. The summed E-state index contributed by atoms with van der Waals surface area (Å²) in [5.41, 5.74) is 0.511. The van der Waals surface area contributed by atoms with Crippen LogP contribution in [0.5, 0.6) is 0 Å². The second-order valence-electron chi connectivity index (χ2n) is 4.28. The monoisotopic (exact) mass is 324 g/mol. The Kier molecular flexibility index (Phi) is 4.19. The second kappa shape index (κ2) is 5.74. The molecule has 6 nitrogen and oxygen atoms in total. The summed E-state index contributed by atoms with van der Waals surface area (Å²) in [7, 11) is -3.85. The van der Waals surface area contributed by atoms with Crippen molar-refractivity contribution < 1.29 is 18.0 Å². The minimum atomic E-state index is -3.85. The highest BCUT2D eigenvalue weighted by Gasteiger charge is 2.18. The van der Waals surface area contributed by atoms with E-state index in [2.05, 4.69) is 9.71 Å². The molecule has 0 saturated heterocycles. The Morgan fingerprint density at radius 1 is 1.19 bits per heavy atom. The van der Waals surface area contributed by atoms with E-state index in [0.29, 0.717) is 5.56 Å². The number of hydrogen-bond acceptors (Lipinski definition) is 6. The lowest BCUT2D eigenvalue weighted by Crippen LogP contribution is -2.13. The minimum Gasteiger partial charge on any atom is -0.295 e. The first kappa shape index (κ1) is 15.3. The van der Waals surface area contributed by atoms with E-state index in [1.807, 2.05) is 0 Å². The number of thiazole rings is 1. The first-order chi connectivity index (χ1) is 9.79. The molecule has 0 fully saturated rings. The second-order valence-corrected chi connectivity index (χ2v) is 6.82. The van der Waals surface area contributed by atoms with Crippen molar-refractivity contribution in [1.82, 2.24) is 4.98 Å². The number of sulfonamides is 1. The minimum absolute atomic E-state index is 0.0326. The fourth-order valence-corrected chi connectivity index (χ4v) is 3.59. The number of nitrogens with zero attached hydrogens (tertiary/aromatic N) is 1. The number of nitrogens with one attached hydrogen (secondary N) is 1. The van der Waals surface area contributed by atoms with Crippen LogP contribution >= 0.6 is 11.3 Å². The van der Waals surface area contributed by atoms with Gasteiger partial charge in [-0.05, 0) is 19.1 Å². The van der Waals surface area contributed by atoms with Crippen LogP contribution in [-0.4, -0.2) is 25.0 Å². The van der Waals surface area contributed by atoms with E-state index in [-0.39, 0.29) is 27.3 Å². The predicted molar refractivity (Wildman–Crippen MR) is 79.4 cm³/mol. The topological polar surface area (TPSA) is 93.2 Å². The highest BCUT2D eigenvalue weighted by Crippen LogP contribution is 2.21. The van der Waals surface area contributed by atoms with Crippen LogP contribution in [0, 0.1) is 0 Å². The number of carbonyl (C=O) groups is 2. The Hall–Kier alpha value is -2.06. The first-order valence-corrected chi connectivity index (χ1v) is 8.26. The van der Waals surface area contributed by atoms with Crippen LogP contribution < -0.4 is 4.72 Å². The van der Waals surface area contributed by atoms with Crippen LogP contribution in [0.3, 0.4) is 0 Å². The van der Waals surface area contributed by atoms with Gasteiger partial charge in [0.15, 0.2) is 16.7 Å². The summed E-state index contributed by atoms with van der Waals surface area (Å²) in [4.78, 5) is 26.3. The molecule has 1 aromatic heterocycles. The van der Waals surface area contributed by atoms with Crippen LogP contribution in [0.15, 0.2) is 34.5 Å². The summed E-state index contributed by atoms with van der Waals surface area (Å²) in [6.45, 7) is 2.71. The summed E-state index contributed by atoms with van der Waals surface area (Å²) in [5.74, 6) is -0.463. The summed E-state index contributed by atoms with van der Waals surface area (Å²) in [5, 5.41) is 1.58. The molecule has 0 amide bonds. The fraction of sp³-hybridized carbons (Fsp3) is 0.154. The van der Waals surface area contributed by atoms with Gasteiger partial charge in [-0.1, -0.05) is 12.1 Å². The van der Waals surface area contributed by atoms with E-state index in [0.717, 1.165) is 11.3 Å².